The number of nitrogen functional groups attached to an aromatic ring is 1. The number of fused-ring (bicyclic) bond motifs is 1. The highest BCUT2D eigenvalue weighted by Gasteiger charge is 2.22. The van der Waals surface area contributed by atoms with Crippen molar-refractivity contribution in [2.45, 2.75) is 57.8 Å². The Balaban J connectivity index is 1.76. The quantitative estimate of drug-likeness (QED) is 0.206. The van der Waals surface area contributed by atoms with E-state index in [1.165, 1.54) is 6.07 Å². The van der Waals surface area contributed by atoms with Crippen LogP contribution in [0.2, 0.25) is 0 Å². The van der Waals surface area contributed by atoms with Gasteiger partial charge in [0, 0.05) is 30.7 Å². The summed E-state index contributed by atoms with van der Waals surface area (Å²) in [7, 11) is 0. The van der Waals surface area contributed by atoms with Crippen molar-refractivity contribution in [1.29, 1.82) is 0 Å². The Labute approximate surface area is 195 Å². The van der Waals surface area contributed by atoms with Crippen molar-refractivity contribution < 1.29 is 23.9 Å². The van der Waals surface area contributed by atoms with Crippen LogP contribution in [0.25, 0.3) is 11.0 Å². The second-order valence-corrected chi connectivity index (χ2v) is 8.37. The zero-order valence-electron chi connectivity index (χ0n) is 18.9. The zero-order chi connectivity index (χ0) is 24.7. The van der Waals surface area contributed by atoms with Gasteiger partial charge in [-0.1, -0.05) is 31.7 Å². The SMILES string of the molecule is Nc1c(C(=O)CCc2ccc(F)cc2F)c(=O)n(O)c2ncc(CCCCCCCCO)cc12. The van der Waals surface area contributed by atoms with Gasteiger partial charge >= 0.3 is 0 Å². The van der Waals surface area contributed by atoms with Gasteiger partial charge in [0.15, 0.2) is 11.4 Å². The maximum atomic E-state index is 13.9. The lowest BCUT2D eigenvalue weighted by atomic mass is 10.00. The van der Waals surface area contributed by atoms with Crippen molar-refractivity contribution in [3.63, 3.8) is 0 Å². The summed E-state index contributed by atoms with van der Waals surface area (Å²) in [6, 6.07) is 4.78. The highest BCUT2D eigenvalue weighted by atomic mass is 19.1. The number of benzene rings is 1. The van der Waals surface area contributed by atoms with Crippen molar-refractivity contribution in [2.75, 3.05) is 12.3 Å². The number of aliphatic hydroxyl groups excluding tert-OH is 1. The van der Waals surface area contributed by atoms with E-state index in [2.05, 4.69) is 4.98 Å². The van der Waals surface area contributed by atoms with E-state index in [0.717, 1.165) is 62.6 Å². The van der Waals surface area contributed by atoms with Crippen LogP contribution in [0.3, 0.4) is 0 Å². The molecule has 7 nitrogen and oxygen atoms in total. The maximum absolute atomic E-state index is 13.9. The predicted octanol–water partition coefficient (Wildman–Crippen LogP) is 4.19. The summed E-state index contributed by atoms with van der Waals surface area (Å²) in [5.74, 6) is -2.15. The Kier molecular flexibility index (Phi) is 8.70. The normalized spacial score (nSPS) is 11.3. The smallest absolute Gasteiger partial charge is 0.297 e. The molecule has 3 rings (SSSR count). The number of hydrogen-bond acceptors (Lipinski definition) is 6. The first-order valence-electron chi connectivity index (χ1n) is 11.4. The fourth-order valence-corrected chi connectivity index (χ4v) is 3.97. The average Bonchev–Trinajstić information content (AvgIpc) is 2.81. The van der Waals surface area contributed by atoms with Crippen LogP contribution < -0.4 is 11.3 Å². The third-order valence-electron chi connectivity index (χ3n) is 5.88. The number of anilines is 1. The zero-order valence-corrected chi connectivity index (χ0v) is 18.9. The minimum Gasteiger partial charge on any atom is -0.423 e. The summed E-state index contributed by atoms with van der Waals surface area (Å²) in [6.07, 6.45) is 7.88. The molecular formula is C25H29F2N3O4. The molecule has 0 saturated carbocycles. The van der Waals surface area contributed by atoms with Gasteiger partial charge in [0.05, 0.1) is 5.69 Å². The van der Waals surface area contributed by atoms with E-state index < -0.39 is 23.0 Å². The number of halogens is 2. The molecule has 9 heteroatoms. The number of carbonyl (C=O) groups is 1. The number of Topliss-reactive ketones (excluding diaryl/α,β-unsaturated/α-hetero) is 1. The number of hydrogen-bond donors (Lipinski definition) is 3. The minimum atomic E-state index is -0.988. The van der Waals surface area contributed by atoms with Crippen molar-refractivity contribution in [3.8, 4) is 0 Å². The molecule has 0 bridgehead atoms. The topological polar surface area (TPSA) is 118 Å². The average molecular weight is 474 g/mol. The van der Waals surface area contributed by atoms with E-state index in [4.69, 9.17) is 10.8 Å². The maximum Gasteiger partial charge on any atom is 0.297 e. The van der Waals surface area contributed by atoms with Gasteiger partial charge in [-0.15, -0.1) is 4.73 Å². The summed E-state index contributed by atoms with van der Waals surface area (Å²) >= 11 is 0. The molecule has 0 unspecified atom stereocenters. The van der Waals surface area contributed by atoms with Crippen LogP contribution in [-0.4, -0.2) is 32.4 Å². The largest absolute Gasteiger partial charge is 0.423 e. The van der Waals surface area contributed by atoms with Crippen LogP contribution in [0.4, 0.5) is 14.5 Å². The van der Waals surface area contributed by atoms with Crippen LogP contribution in [0, 0.1) is 11.6 Å². The van der Waals surface area contributed by atoms with Gasteiger partial charge in [0.2, 0.25) is 0 Å². The van der Waals surface area contributed by atoms with Gasteiger partial charge in [0.1, 0.15) is 17.2 Å². The van der Waals surface area contributed by atoms with Gasteiger partial charge in [-0.25, -0.2) is 13.8 Å². The Bertz CT molecular complexity index is 1230. The number of nitrogens with zero attached hydrogens (tertiary/aromatic N) is 2. The molecule has 0 spiro atoms. The third-order valence-corrected chi connectivity index (χ3v) is 5.88. The summed E-state index contributed by atoms with van der Waals surface area (Å²) in [4.78, 5) is 29.6. The lowest BCUT2D eigenvalue weighted by molar-refractivity contribution is 0.0976. The first kappa shape index (κ1) is 25.3. The molecule has 0 aliphatic carbocycles. The molecular weight excluding hydrogens is 444 g/mol. The highest BCUT2D eigenvalue weighted by Crippen LogP contribution is 2.24. The molecule has 34 heavy (non-hydrogen) atoms. The van der Waals surface area contributed by atoms with E-state index in [9.17, 15) is 23.6 Å². The molecule has 4 N–H and O–H groups in total. The lowest BCUT2D eigenvalue weighted by Gasteiger charge is -2.12. The summed E-state index contributed by atoms with van der Waals surface area (Å²) in [6.45, 7) is 0.216. The minimum absolute atomic E-state index is 0.0450. The molecule has 0 atom stereocenters. The van der Waals surface area contributed by atoms with Gasteiger partial charge in [-0.3, -0.25) is 9.59 Å². The van der Waals surface area contributed by atoms with Crippen molar-refractivity contribution in [2.24, 2.45) is 0 Å². The summed E-state index contributed by atoms with van der Waals surface area (Å²) < 4.78 is 27.3. The molecule has 182 valence electrons. The molecule has 1 aromatic carbocycles. The molecule has 2 heterocycles. The third kappa shape index (κ3) is 5.96. The van der Waals surface area contributed by atoms with Gasteiger partial charge in [0.25, 0.3) is 5.56 Å². The first-order chi connectivity index (χ1) is 16.3. The van der Waals surface area contributed by atoms with Crippen LogP contribution in [-0.2, 0) is 12.8 Å². The number of ketones is 1. The molecule has 0 saturated heterocycles. The second kappa shape index (κ2) is 11.7. The Hall–Kier alpha value is -3.33. The molecule has 3 aromatic rings. The Morgan fingerprint density at radius 1 is 1.03 bits per heavy atom. The Morgan fingerprint density at radius 2 is 1.74 bits per heavy atom. The summed E-state index contributed by atoms with van der Waals surface area (Å²) in [5, 5.41) is 19.4. The number of rotatable bonds is 12. The number of carbonyl (C=O) groups excluding carboxylic acids is 1. The van der Waals surface area contributed by atoms with Gasteiger partial charge in [-0.05, 0) is 48.9 Å². The number of aromatic nitrogens is 2. The van der Waals surface area contributed by atoms with Crippen LogP contribution in [0.15, 0.2) is 35.3 Å². The van der Waals surface area contributed by atoms with Crippen molar-refractivity contribution in [3.05, 3.63) is 69.1 Å². The number of nitrogens with two attached hydrogens (primary N) is 1. The monoisotopic (exact) mass is 473 g/mol. The first-order valence-corrected chi connectivity index (χ1v) is 11.4. The predicted molar refractivity (Wildman–Crippen MR) is 125 cm³/mol. The standard InChI is InChI=1S/C25H29F2N3O4/c26-18-10-8-17(20(27)14-18)9-11-21(32)22-23(28)19-13-16(7-5-3-1-2-4-6-12-31)15-29-24(19)30(34)25(22)33/h8,10,13-15,31,34H,1-7,9,11-12,28H2. The number of aryl methyl sites for hydroxylation is 2. The van der Waals surface area contributed by atoms with E-state index >= 15 is 0 Å². The highest BCUT2D eigenvalue weighted by molar-refractivity contribution is 6.06. The lowest BCUT2D eigenvalue weighted by Crippen LogP contribution is -2.28. The van der Waals surface area contributed by atoms with Gasteiger partial charge < -0.3 is 16.0 Å². The number of unbranched alkanes of at least 4 members (excludes halogenated alkanes) is 5. The fourth-order valence-electron chi connectivity index (χ4n) is 3.97. The molecule has 0 radical (unpaired) electrons. The fraction of sp³-hybridized carbons (Fsp3) is 0.400. The molecule has 2 aromatic heterocycles. The van der Waals surface area contributed by atoms with E-state index in [-0.39, 0.29) is 41.9 Å². The van der Waals surface area contributed by atoms with Crippen LogP contribution in [0.1, 0.15) is 66.4 Å². The van der Waals surface area contributed by atoms with E-state index in [0.29, 0.717) is 10.1 Å². The van der Waals surface area contributed by atoms with E-state index in [1.807, 2.05) is 0 Å². The molecule has 0 aliphatic heterocycles. The molecule has 0 fully saturated rings. The number of pyridine rings is 2. The van der Waals surface area contributed by atoms with Crippen LogP contribution >= 0.6 is 0 Å². The Morgan fingerprint density at radius 3 is 2.44 bits per heavy atom. The second-order valence-electron chi connectivity index (χ2n) is 8.37. The van der Waals surface area contributed by atoms with Crippen molar-refractivity contribution in [1.82, 2.24) is 9.71 Å². The van der Waals surface area contributed by atoms with E-state index in [1.54, 1.807) is 12.3 Å². The van der Waals surface area contributed by atoms with Crippen molar-refractivity contribution >= 4 is 22.5 Å². The summed E-state index contributed by atoms with van der Waals surface area (Å²) in [5.41, 5.74) is 5.69. The van der Waals surface area contributed by atoms with Crippen LogP contribution in [0.5, 0.6) is 0 Å². The van der Waals surface area contributed by atoms with Gasteiger partial charge in [-0.2, -0.15) is 0 Å². The molecule has 0 amide bonds. The number of aliphatic hydroxyl groups is 1. The molecule has 0 aliphatic rings.